The van der Waals surface area contributed by atoms with E-state index in [-0.39, 0.29) is 5.57 Å². The van der Waals surface area contributed by atoms with Crippen LogP contribution >= 0.6 is 23.1 Å². The summed E-state index contributed by atoms with van der Waals surface area (Å²) in [5.74, 6) is 0.501. The number of carboxylic acid groups (broad SMARTS) is 1. The number of unbranched alkanes of at least 4 members (excludes halogenated alkanes) is 10. The molecule has 58 heavy (non-hydrogen) atoms. The molecular formula is C48H52N4O4S2. The van der Waals surface area contributed by atoms with Crippen LogP contribution in [-0.4, -0.2) is 33.0 Å². The maximum absolute atomic E-state index is 11.4. The van der Waals surface area contributed by atoms with Crippen LogP contribution < -0.4 is 14.4 Å². The highest BCUT2D eigenvalue weighted by molar-refractivity contribution is 7.16. The molecule has 10 heteroatoms. The first-order chi connectivity index (χ1) is 28.5. The van der Waals surface area contributed by atoms with Crippen molar-refractivity contribution in [3.63, 3.8) is 0 Å². The third-order valence-electron chi connectivity index (χ3n) is 10.1. The summed E-state index contributed by atoms with van der Waals surface area (Å²) in [6.07, 6.45) is 16.2. The van der Waals surface area contributed by atoms with E-state index in [4.69, 9.17) is 13.8 Å². The van der Waals surface area contributed by atoms with Crippen molar-refractivity contribution in [3.05, 3.63) is 108 Å². The molecule has 0 fully saturated rings. The molecule has 6 rings (SSSR count). The largest absolute Gasteiger partial charge is 0.494 e. The minimum absolute atomic E-state index is 0.305. The number of benzene rings is 4. The number of fused-ring (bicyclic) bond motifs is 1. The summed E-state index contributed by atoms with van der Waals surface area (Å²) in [5, 5.41) is 18.5. The fourth-order valence-corrected chi connectivity index (χ4v) is 8.47. The van der Waals surface area contributed by atoms with E-state index in [1.807, 2.05) is 18.2 Å². The number of anilines is 3. The van der Waals surface area contributed by atoms with Crippen molar-refractivity contribution in [2.24, 2.45) is 0 Å². The predicted octanol–water partition coefficient (Wildman–Crippen LogP) is 14.0. The second-order valence-corrected chi connectivity index (χ2v) is 16.0. The van der Waals surface area contributed by atoms with Crippen LogP contribution in [0.25, 0.3) is 38.7 Å². The Balaban J connectivity index is 1.21. The Kier molecular flexibility index (Phi) is 15.9. The van der Waals surface area contributed by atoms with Gasteiger partial charge in [-0.3, -0.25) is 0 Å². The van der Waals surface area contributed by atoms with Crippen LogP contribution in [0, 0.1) is 11.3 Å². The number of aliphatic carboxylic acids is 1. The number of hydrogen-bond donors (Lipinski definition) is 1. The lowest BCUT2D eigenvalue weighted by atomic mass is 10.0. The number of hydrogen-bond acceptors (Lipinski definition) is 9. The first kappa shape index (κ1) is 42.1. The standard InChI is InChI=1S/C48H52N4O4S2/c1-3-5-7-9-11-13-31-55-40-23-19-38(20-24-40)52(39-21-25-41(26-22-39)56-32-14-12-10-8-6-4-2)37-17-15-35(16-18-37)43-28-29-44(47-46(43)50-58-51-47)45-30-27-42(57-45)33-36(34-49)48(53)54/h15-30,33H,3-14,31-32H2,1-2H3,(H,53,54)/b36-33-. The summed E-state index contributed by atoms with van der Waals surface area (Å²) in [5.41, 5.74) is 7.21. The molecule has 6 aromatic rings. The smallest absolute Gasteiger partial charge is 0.346 e. The molecule has 0 radical (unpaired) electrons. The van der Waals surface area contributed by atoms with Crippen LogP contribution in [0.15, 0.2) is 103 Å². The molecule has 0 aliphatic carbocycles. The molecule has 0 saturated heterocycles. The van der Waals surface area contributed by atoms with Gasteiger partial charge in [0.2, 0.25) is 0 Å². The van der Waals surface area contributed by atoms with E-state index in [1.165, 1.54) is 81.6 Å². The molecule has 0 spiro atoms. The van der Waals surface area contributed by atoms with Crippen LogP contribution in [0.4, 0.5) is 17.1 Å². The molecule has 0 atom stereocenters. The van der Waals surface area contributed by atoms with Gasteiger partial charge < -0.3 is 19.5 Å². The van der Waals surface area contributed by atoms with Crippen LogP contribution in [-0.2, 0) is 4.79 Å². The highest BCUT2D eigenvalue weighted by Crippen LogP contribution is 2.40. The first-order valence-electron chi connectivity index (χ1n) is 20.6. The molecular weight excluding hydrogens is 761 g/mol. The Morgan fingerprint density at radius 2 is 1.14 bits per heavy atom. The molecule has 0 amide bonds. The Hall–Kier alpha value is -5.50. The van der Waals surface area contributed by atoms with Gasteiger partial charge in [-0.2, -0.15) is 14.0 Å². The molecule has 4 aromatic carbocycles. The average molecular weight is 813 g/mol. The summed E-state index contributed by atoms with van der Waals surface area (Å²) in [6, 6.07) is 34.8. The summed E-state index contributed by atoms with van der Waals surface area (Å²) in [4.78, 5) is 15.2. The summed E-state index contributed by atoms with van der Waals surface area (Å²) in [7, 11) is 0. The fraction of sp³-hybridized carbons (Fsp3) is 0.333. The van der Waals surface area contributed by atoms with E-state index < -0.39 is 5.97 Å². The van der Waals surface area contributed by atoms with Gasteiger partial charge in [-0.1, -0.05) is 102 Å². The van der Waals surface area contributed by atoms with Gasteiger partial charge in [0.15, 0.2) is 0 Å². The quantitative estimate of drug-likeness (QED) is 0.0387. The van der Waals surface area contributed by atoms with Crippen molar-refractivity contribution in [2.75, 3.05) is 18.1 Å². The fourth-order valence-electron chi connectivity index (χ4n) is 6.92. The molecule has 2 heterocycles. The molecule has 0 bridgehead atoms. The number of ether oxygens (including phenoxy) is 2. The first-order valence-corrected chi connectivity index (χ1v) is 22.1. The number of nitrogens with zero attached hydrogens (tertiary/aromatic N) is 4. The van der Waals surface area contributed by atoms with Crippen molar-refractivity contribution in [1.29, 1.82) is 5.26 Å². The molecule has 0 aliphatic rings. The Bertz CT molecular complexity index is 2210. The second kappa shape index (κ2) is 21.9. The molecule has 0 aliphatic heterocycles. The van der Waals surface area contributed by atoms with Gasteiger partial charge in [-0.25, -0.2) is 4.79 Å². The maximum Gasteiger partial charge on any atom is 0.346 e. The van der Waals surface area contributed by atoms with Gasteiger partial charge >= 0.3 is 5.97 Å². The van der Waals surface area contributed by atoms with E-state index in [9.17, 15) is 15.2 Å². The van der Waals surface area contributed by atoms with E-state index in [1.54, 1.807) is 6.07 Å². The Labute approximate surface area is 350 Å². The molecule has 8 nitrogen and oxygen atoms in total. The van der Waals surface area contributed by atoms with Gasteiger partial charge in [0.25, 0.3) is 0 Å². The normalized spacial score (nSPS) is 11.4. The lowest BCUT2D eigenvalue weighted by Crippen LogP contribution is -2.10. The van der Waals surface area contributed by atoms with Gasteiger partial charge in [0.05, 0.1) is 24.9 Å². The molecule has 1 N–H and O–H groups in total. The predicted molar refractivity (Wildman–Crippen MR) is 240 cm³/mol. The van der Waals surface area contributed by atoms with Crippen molar-refractivity contribution < 1.29 is 19.4 Å². The third-order valence-corrected chi connectivity index (χ3v) is 11.7. The molecule has 0 saturated carbocycles. The summed E-state index contributed by atoms with van der Waals surface area (Å²) in [6.45, 7) is 5.93. The molecule has 2 aromatic heterocycles. The topological polar surface area (TPSA) is 109 Å². The monoisotopic (exact) mass is 812 g/mol. The highest BCUT2D eigenvalue weighted by Gasteiger charge is 2.18. The third kappa shape index (κ3) is 11.3. The van der Waals surface area contributed by atoms with Gasteiger partial charge in [0, 0.05) is 37.9 Å². The zero-order valence-electron chi connectivity index (χ0n) is 33.5. The number of carbonyl (C=O) groups is 1. The van der Waals surface area contributed by atoms with Crippen LogP contribution in [0.2, 0.25) is 0 Å². The number of nitriles is 1. The van der Waals surface area contributed by atoms with E-state index in [0.29, 0.717) is 4.88 Å². The lowest BCUT2D eigenvalue weighted by molar-refractivity contribution is -0.132. The zero-order valence-corrected chi connectivity index (χ0v) is 35.1. The van der Waals surface area contributed by atoms with Crippen LogP contribution in [0.1, 0.15) is 95.8 Å². The second-order valence-electron chi connectivity index (χ2n) is 14.4. The number of thiophene rings is 1. The van der Waals surface area contributed by atoms with Crippen LogP contribution in [0.5, 0.6) is 11.5 Å². The number of aromatic nitrogens is 2. The zero-order chi connectivity index (χ0) is 40.5. The van der Waals surface area contributed by atoms with Crippen molar-refractivity contribution in [2.45, 2.75) is 90.9 Å². The average Bonchev–Trinajstić information content (AvgIpc) is 3.94. The van der Waals surface area contributed by atoms with Gasteiger partial charge in [-0.15, -0.1) is 11.3 Å². The van der Waals surface area contributed by atoms with Gasteiger partial charge in [0.1, 0.15) is 34.2 Å². The van der Waals surface area contributed by atoms with Gasteiger partial charge in [-0.05, 0) is 97.3 Å². The molecule has 300 valence electrons. The highest BCUT2D eigenvalue weighted by atomic mass is 32.1. The van der Waals surface area contributed by atoms with Crippen molar-refractivity contribution in [3.8, 4) is 39.1 Å². The minimum Gasteiger partial charge on any atom is -0.494 e. The Morgan fingerprint density at radius 1 is 0.655 bits per heavy atom. The van der Waals surface area contributed by atoms with Crippen molar-refractivity contribution >= 4 is 63.2 Å². The Morgan fingerprint density at radius 3 is 1.66 bits per heavy atom. The van der Waals surface area contributed by atoms with E-state index in [0.717, 1.165) is 98.9 Å². The summed E-state index contributed by atoms with van der Waals surface area (Å²) >= 11 is 2.57. The van der Waals surface area contributed by atoms with E-state index in [2.05, 4.69) is 102 Å². The lowest BCUT2D eigenvalue weighted by Gasteiger charge is -2.26. The number of carboxylic acids is 1. The SMILES string of the molecule is CCCCCCCCOc1ccc(N(c2ccc(OCCCCCCCC)cc2)c2ccc(-c3ccc(-c4ccc(/C=C(/C#N)C(=O)O)s4)c4nsnc34)cc2)cc1. The van der Waals surface area contributed by atoms with E-state index >= 15 is 0 Å². The summed E-state index contributed by atoms with van der Waals surface area (Å²) < 4.78 is 21.6. The van der Waals surface area contributed by atoms with Crippen molar-refractivity contribution in [1.82, 2.24) is 8.75 Å². The minimum atomic E-state index is -1.25. The van der Waals surface area contributed by atoms with Crippen LogP contribution in [0.3, 0.4) is 0 Å². The maximum atomic E-state index is 11.4. The molecule has 0 unspecified atom stereocenters. The number of rotatable bonds is 23.